The number of aryl methyl sites for hydroxylation is 1. The van der Waals surface area contributed by atoms with Crippen molar-refractivity contribution in [3.63, 3.8) is 0 Å². The van der Waals surface area contributed by atoms with Crippen molar-refractivity contribution in [3.05, 3.63) is 58.9 Å². The number of carbonyl (C=O) groups is 2. The Morgan fingerprint density at radius 2 is 2.03 bits per heavy atom. The summed E-state index contributed by atoms with van der Waals surface area (Å²) in [5.74, 6) is 0.273. The second kappa shape index (κ2) is 10.4. The van der Waals surface area contributed by atoms with Gasteiger partial charge in [0.15, 0.2) is 0 Å². The summed E-state index contributed by atoms with van der Waals surface area (Å²) in [6.45, 7) is 3.79. The molecule has 1 saturated heterocycles. The summed E-state index contributed by atoms with van der Waals surface area (Å²) in [4.78, 5) is 37.1. The third-order valence-electron chi connectivity index (χ3n) is 4.90. The first kappa shape index (κ1) is 22.7. The number of likely N-dealkylation sites (N-methyl/N-ethyl adjacent to an activating group) is 1. The number of hydrogen-bond donors (Lipinski definition) is 2. The average molecular weight is 443 g/mol. The van der Waals surface area contributed by atoms with Crippen LogP contribution >= 0.6 is 11.6 Å². The number of anilines is 2. The van der Waals surface area contributed by atoms with Crippen LogP contribution in [0.25, 0.3) is 0 Å². The van der Waals surface area contributed by atoms with Crippen molar-refractivity contribution in [2.75, 3.05) is 44.4 Å². The molecular weight excluding hydrogens is 416 g/mol. The fourth-order valence-electron chi connectivity index (χ4n) is 3.30. The molecule has 31 heavy (non-hydrogen) atoms. The van der Waals surface area contributed by atoms with Gasteiger partial charge in [-0.05, 0) is 51.2 Å². The van der Waals surface area contributed by atoms with Gasteiger partial charge in [0.2, 0.25) is 11.9 Å². The molecule has 164 valence electrons. The molecule has 1 aliphatic rings. The molecule has 0 saturated carbocycles. The molecule has 0 unspecified atom stereocenters. The van der Waals surface area contributed by atoms with Gasteiger partial charge in [-0.25, -0.2) is 9.97 Å². The van der Waals surface area contributed by atoms with Gasteiger partial charge in [-0.2, -0.15) is 0 Å². The van der Waals surface area contributed by atoms with E-state index in [1.54, 1.807) is 18.2 Å². The molecule has 2 N–H and O–H groups in total. The summed E-state index contributed by atoms with van der Waals surface area (Å²) in [6.07, 6.45) is 7.20. The topological polar surface area (TPSA) is 90.5 Å². The van der Waals surface area contributed by atoms with Crippen LogP contribution in [0.5, 0.6) is 0 Å². The fourth-order valence-corrected chi connectivity index (χ4v) is 3.39. The monoisotopic (exact) mass is 442 g/mol. The minimum absolute atomic E-state index is 0.0341. The Labute approximate surface area is 187 Å². The zero-order chi connectivity index (χ0) is 22.4. The number of rotatable bonds is 7. The van der Waals surface area contributed by atoms with Crippen LogP contribution in [0.2, 0.25) is 5.02 Å². The van der Waals surface area contributed by atoms with Gasteiger partial charge < -0.3 is 20.4 Å². The highest BCUT2D eigenvalue weighted by Crippen LogP contribution is 2.21. The van der Waals surface area contributed by atoms with Gasteiger partial charge in [-0.3, -0.25) is 9.59 Å². The standard InChI is InChI=1S/C22H27ClN6O2/c1-15-11-16(6-7-19(15)27-20(30)5-4-9-28(2)3)21(31)29-10-8-18(14-29)26-22-24-12-17(23)13-25-22/h4-7,11-13,18H,8-10,14H2,1-3H3,(H,27,30)(H,24,25,26)/b5-4+/t18-/m1/s1. The van der Waals surface area contributed by atoms with Crippen LogP contribution in [0.15, 0.2) is 42.7 Å². The molecule has 1 atom stereocenters. The van der Waals surface area contributed by atoms with Gasteiger partial charge in [-0.15, -0.1) is 0 Å². The van der Waals surface area contributed by atoms with Crippen LogP contribution in [-0.4, -0.2) is 71.4 Å². The largest absolute Gasteiger partial charge is 0.350 e. The van der Waals surface area contributed by atoms with Crippen molar-refractivity contribution in [1.29, 1.82) is 0 Å². The zero-order valence-electron chi connectivity index (χ0n) is 17.9. The minimum Gasteiger partial charge on any atom is -0.350 e. The van der Waals surface area contributed by atoms with Crippen LogP contribution in [0.3, 0.4) is 0 Å². The van der Waals surface area contributed by atoms with Gasteiger partial charge in [0, 0.05) is 43.0 Å². The maximum atomic E-state index is 12.9. The van der Waals surface area contributed by atoms with E-state index in [0.29, 0.717) is 41.9 Å². The molecule has 0 bridgehead atoms. The molecular formula is C22H27ClN6O2. The van der Waals surface area contributed by atoms with Crippen molar-refractivity contribution >= 4 is 35.1 Å². The molecule has 2 aromatic rings. The molecule has 0 spiro atoms. The Bertz CT molecular complexity index is 961. The summed E-state index contributed by atoms with van der Waals surface area (Å²) in [6, 6.07) is 5.41. The quantitative estimate of drug-likeness (QED) is 0.641. The molecule has 1 aromatic carbocycles. The second-order valence-electron chi connectivity index (χ2n) is 7.79. The summed E-state index contributed by atoms with van der Waals surface area (Å²) >= 11 is 5.81. The number of amides is 2. The molecule has 1 aliphatic heterocycles. The van der Waals surface area contributed by atoms with Crippen molar-refractivity contribution in [1.82, 2.24) is 19.8 Å². The second-order valence-corrected chi connectivity index (χ2v) is 8.23. The highest BCUT2D eigenvalue weighted by molar-refractivity contribution is 6.30. The lowest BCUT2D eigenvalue weighted by Crippen LogP contribution is -2.32. The van der Waals surface area contributed by atoms with Crippen molar-refractivity contribution in [2.24, 2.45) is 0 Å². The lowest BCUT2D eigenvalue weighted by molar-refractivity contribution is -0.111. The lowest BCUT2D eigenvalue weighted by Gasteiger charge is -2.18. The number of nitrogens with zero attached hydrogens (tertiary/aromatic N) is 4. The van der Waals surface area contributed by atoms with E-state index in [0.717, 1.165) is 12.0 Å². The number of carbonyl (C=O) groups excluding carboxylic acids is 2. The molecule has 9 heteroatoms. The van der Waals surface area contributed by atoms with Gasteiger partial charge in [-0.1, -0.05) is 17.7 Å². The number of aromatic nitrogens is 2. The first-order valence-electron chi connectivity index (χ1n) is 10.1. The van der Waals surface area contributed by atoms with Gasteiger partial charge in [0.25, 0.3) is 5.91 Å². The molecule has 1 fully saturated rings. The number of hydrogen-bond acceptors (Lipinski definition) is 6. The van der Waals surface area contributed by atoms with Crippen LogP contribution in [-0.2, 0) is 4.79 Å². The molecule has 0 aliphatic carbocycles. The summed E-state index contributed by atoms with van der Waals surface area (Å²) < 4.78 is 0. The van der Waals surface area contributed by atoms with Crippen LogP contribution in [0.4, 0.5) is 11.6 Å². The van der Waals surface area contributed by atoms with Crippen LogP contribution < -0.4 is 10.6 Å². The van der Waals surface area contributed by atoms with E-state index in [4.69, 9.17) is 11.6 Å². The third kappa shape index (κ3) is 6.50. The lowest BCUT2D eigenvalue weighted by atomic mass is 10.1. The van der Waals surface area contributed by atoms with E-state index in [-0.39, 0.29) is 17.9 Å². The average Bonchev–Trinajstić information content (AvgIpc) is 3.19. The smallest absolute Gasteiger partial charge is 0.253 e. The summed E-state index contributed by atoms with van der Waals surface area (Å²) in [5.41, 5.74) is 2.13. The molecule has 2 heterocycles. The van der Waals surface area contributed by atoms with Crippen LogP contribution in [0.1, 0.15) is 22.3 Å². The van der Waals surface area contributed by atoms with Crippen molar-refractivity contribution < 1.29 is 9.59 Å². The zero-order valence-corrected chi connectivity index (χ0v) is 18.7. The third-order valence-corrected chi connectivity index (χ3v) is 5.10. The van der Waals surface area contributed by atoms with E-state index in [2.05, 4.69) is 20.6 Å². The number of likely N-dealkylation sites (tertiary alicyclic amines) is 1. The Balaban J connectivity index is 1.57. The summed E-state index contributed by atoms with van der Waals surface area (Å²) in [5, 5.41) is 6.57. The van der Waals surface area contributed by atoms with E-state index in [9.17, 15) is 9.59 Å². The van der Waals surface area contributed by atoms with E-state index >= 15 is 0 Å². The Hall–Kier alpha value is -2.97. The molecule has 0 radical (unpaired) electrons. The fraction of sp³-hybridized carbons (Fsp3) is 0.364. The normalized spacial score (nSPS) is 16.2. The van der Waals surface area contributed by atoms with Gasteiger partial charge in [0.1, 0.15) is 0 Å². The molecule has 8 nitrogen and oxygen atoms in total. The number of halogens is 1. The number of benzene rings is 1. The van der Waals surface area contributed by atoms with Crippen LogP contribution in [0, 0.1) is 6.92 Å². The Morgan fingerprint density at radius 3 is 2.71 bits per heavy atom. The first-order valence-corrected chi connectivity index (χ1v) is 10.5. The molecule has 3 rings (SSSR count). The maximum Gasteiger partial charge on any atom is 0.253 e. The molecule has 1 aromatic heterocycles. The van der Waals surface area contributed by atoms with Crippen molar-refractivity contribution in [2.45, 2.75) is 19.4 Å². The molecule has 2 amide bonds. The van der Waals surface area contributed by atoms with E-state index in [1.165, 1.54) is 18.5 Å². The van der Waals surface area contributed by atoms with E-state index in [1.807, 2.05) is 36.9 Å². The Morgan fingerprint density at radius 1 is 1.29 bits per heavy atom. The van der Waals surface area contributed by atoms with Gasteiger partial charge in [0.05, 0.1) is 17.4 Å². The van der Waals surface area contributed by atoms with Crippen molar-refractivity contribution in [3.8, 4) is 0 Å². The number of nitrogens with one attached hydrogen (secondary N) is 2. The SMILES string of the molecule is Cc1cc(C(=O)N2CC[C@@H](Nc3ncc(Cl)cn3)C2)ccc1NC(=O)/C=C/CN(C)C. The maximum absolute atomic E-state index is 12.9. The first-order chi connectivity index (χ1) is 14.8. The highest BCUT2D eigenvalue weighted by Gasteiger charge is 2.27. The van der Waals surface area contributed by atoms with E-state index < -0.39 is 0 Å². The highest BCUT2D eigenvalue weighted by atomic mass is 35.5. The Kier molecular flexibility index (Phi) is 7.59. The predicted octanol–water partition coefficient (Wildman–Crippen LogP) is 2.82. The summed E-state index contributed by atoms with van der Waals surface area (Å²) in [7, 11) is 3.87. The van der Waals surface area contributed by atoms with Gasteiger partial charge >= 0.3 is 0 Å². The minimum atomic E-state index is -0.193. The predicted molar refractivity (Wildman–Crippen MR) is 122 cm³/mol.